The van der Waals surface area contributed by atoms with E-state index in [4.69, 9.17) is 5.11 Å². The Labute approximate surface area is 51.7 Å². The highest BCUT2D eigenvalue weighted by Gasteiger charge is 1.84. The lowest BCUT2D eigenvalue weighted by molar-refractivity contribution is 0.283. The van der Waals surface area contributed by atoms with Gasteiger partial charge in [0.15, 0.2) is 0 Å². The molecule has 49 valence electrons. The van der Waals surface area contributed by atoms with Crippen molar-refractivity contribution in [1.29, 1.82) is 0 Å². The number of hydrogen-bond donors (Lipinski definition) is 1. The van der Waals surface area contributed by atoms with E-state index >= 15 is 0 Å². The summed E-state index contributed by atoms with van der Waals surface area (Å²) in [6.45, 7) is 2.42. The van der Waals surface area contributed by atoms with Crippen LogP contribution in [0.15, 0.2) is 0 Å². The summed E-state index contributed by atoms with van der Waals surface area (Å²) in [5.74, 6) is 0. The fourth-order valence-electron chi connectivity index (χ4n) is 0.637. The molecule has 0 amide bonds. The Bertz CT molecular complexity index is 29.4. The third kappa shape index (κ3) is 5.96. The number of rotatable bonds is 5. The van der Waals surface area contributed by atoms with E-state index in [0.29, 0.717) is 6.61 Å². The van der Waals surface area contributed by atoms with Gasteiger partial charge in [0.05, 0.1) is 0 Å². The molecule has 0 aromatic carbocycles. The first kappa shape index (κ1) is 7.96. The number of aliphatic hydroxyl groups excluding tert-OH is 1. The van der Waals surface area contributed by atoms with Crippen LogP contribution in [0, 0.1) is 6.42 Å². The fourth-order valence-corrected chi connectivity index (χ4v) is 0.637. The molecule has 0 spiro atoms. The van der Waals surface area contributed by atoms with Crippen molar-refractivity contribution in [3.05, 3.63) is 6.42 Å². The van der Waals surface area contributed by atoms with E-state index in [2.05, 4.69) is 13.3 Å². The zero-order chi connectivity index (χ0) is 6.24. The lowest BCUT2D eigenvalue weighted by Crippen LogP contribution is -1.82. The van der Waals surface area contributed by atoms with Gasteiger partial charge in [0.2, 0.25) is 0 Å². The van der Waals surface area contributed by atoms with E-state index in [0.717, 1.165) is 6.42 Å². The summed E-state index contributed by atoms with van der Waals surface area (Å²) in [5, 5.41) is 8.36. The van der Waals surface area contributed by atoms with Crippen LogP contribution in [0.3, 0.4) is 0 Å². The molecule has 0 aromatic rings. The molecule has 0 rings (SSSR count). The Hall–Kier alpha value is -0.0400. The lowest BCUT2D eigenvalue weighted by Gasteiger charge is -1.93. The second-order valence-electron chi connectivity index (χ2n) is 1.98. The average Bonchev–Trinajstić information content (AvgIpc) is 1.81. The number of aliphatic hydroxyl groups is 1. The van der Waals surface area contributed by atoms with Crippen LogP contribution in [-0.2, 0) is 0 Å². The zero-order valence-electron chi connectivity index (χ0n) is 5.56. The Kier molecular flexibility index (Phi) is 6.93. The number of unbranched alkanes of at least 4 members (excludes halogenated alkanes) is 4. The summed E-state index contributed by atoms with van der Waals surface area (Å²) >= 11 is 0. The van der Waals surface area contributed by atoms with Crippen molar-refractivity contribution in [2.24, 2.45) is 0 Å². The molecule has 0 heterocycles. The summed E-state index contributed by atoms with van der Waals surface area (Å²) in [7, 11) is 0. The Morgan fingerprint density at radius 2 is 2.00 bits per heavy atom. The maximum absolute atomic E-state index is 8.36. The Morgan fingerprint density at radius 3 is 2.50 bits per heavy atom. The topological polar surface area (TPSA) is 20.2 Å². The molecule has 1 radical (unpaired) electrons. The second kappa shape index (κ2) is 6.96. The minimum atomic E-state index is 0.351. The SMILES string of the molecule is C[CH]CCCCCO. The van der Waals surface area contributed by atoms with Crippen LogP contribution in [0.1, 0.15) is 32.6 Å². The molecule has 0 aliphatic carbocycles. The molecule has 0 unspecified atom stereocenters. The molecule has 0 saturated heterocycles. The number of hydrogen-bond acceptors (Lipinski definition) is 1. The summed E-state index contributed by atoms with van der Waals surface area (Å²) in [5.41, 5.74) is 0. The molecule has 0 atom stereocenters. The van der Waals surface area contributed by atoms with E-state index in [1.54, 1.807) is 0 Å². The van der Waals surface area contributed by atoms with E-state index in [1.165, 1.54) is 19.3 Å². The van der Waals surface area contributed by atoms with Gasteiger partial charge in [-0.2, -0.15) is 0 Å². The smallest absolute Gasteiger partial charge is 0.0431 e. The average molecular weight is 115 g/mol. The minimum absolute atomic E-state index is 0.351. The summed E-state index contributed by atoms with van der Waals surface area (Å²) in [6, 6.07) is 0. The van der Waals surface area contributed by atoms with Crippen LogP contribution in [0.25, 0.3) is 0 Å². The van der Waals surface area contributed by atoms with Gasteiger partial charge in [-0.3, -0.25) is 0 Å². The monoisotopic (exact) mass is 115 g/mol. The van der Waals surface area contributed by atoms with Gasteiger partial charge in [-0.25, -0.2) is 0 Å². The van der Waals surface area contributed by atoms with Crippen molar-refractivity contribution < 1.29 is 5.11 Å². The normalized spacial score (nSPS) is 9.75. The van der Waals surface area contributed by atoms with Crippen molar-refractivity contribution >= 4 is 0 Å². The van der Waals surface area contributed by atoms with E-state index in [9.17, 15) is 0 Å². The largest absolute Gasteiger partial charge is 0.396 e. The van der Waals surface area contributed by atoms with Crippen molar-refractivity contribution in [1.82, 2.24) is 0 Å². The zero-order valence-corrected chi connectivity index (χ0v) is 5.56. The standard InChI is InChI=1S/C7H15O/c1-2-3-4-5-6-7-8/h2,8H,3-7H2,1H3. The van der Waals surface area contributed by atoms with Crippen LogP contribution < -0.4 is 0 Å². The molecule has 8 heavy (non-hydrogen) atoms. The second-order valence-corrected chi connectivity index (χ2v) is 1.98. The molecular weight excluding hydrogens is 100 g/mol. The lowest BCUT2D eigenvalue weighted by atomic mass is 10.2. The molecule has 0 aliphatic heterocycles. The maximum atomic E-state index is 8.36. The first-order valence-electron chi connectivity index (χ1n) is 3.30. The molecule has 0 saturated carbocycles. The van der Waals surface area contributed by atoms with Gasteiger partial charge in [-0.1, -0.05) is 26.2 Å². The van der Waals surface area contributed by atoms with Gasteiger partial charge in [0.1, 0.15) is 0 Å². The van der Waals surface area contributed by atoms with Crippen molar-refractivity contribution in [3.63, 3.8) is 0 Å². The maximum Gasteiger partial charge on any atom is 0.0431 e. The molecule has 1 nitrogen and oxygen atoms in total. The van der Waals surface area contributed by atoms with Crippen molar-refractivity contribution in [3.8, 4) is 0 Å². The van der Waals surface area contributed by atoms with E-state index in [-0.39, 0.29) is 0 Å². The fraction of sp³-hybridized carbons (Fsp3) is 0.857. The first-order valence-corrected chi connectivity index (χ1v) is 3.30. The van der Waals surface area contributed by atoms with E-state index < -0.39 is 0 Å². The third-order valence-corrected chi connectivity index (χ3v) is 1.15. The molecule has 0 aromatic heterocycles. The van der Waals surface area contributed by atoms with Crippen LogP contribution in [0.4, 0.5) is 0 Å². The van der Waals surface area contributed by atoms with Gasteiger partial charge in [-0.05, 0) is 12.8 Å². The van der Waals surface area contributed by atoms with Crippen LogP contribution >= 0.6 is 0 Å². The molecule has 0 bridgehead atoms. The van der Waals surface area contributed by atoms with Gasteiger partial charge in [0, 0.05) is 6.61 Å². The third-order valence-electron chi connectivity index (χ3n) is 1.15. The van der Waals surface area contributed by atoms with Crippen LogP contribution in [-0.4, -0.2) is 11.7 Å². The van der Waals surface area contributed by atoms with Gasteiger partial charge >= 0.3 is 0 Å². The molecule has 1 N–H and O–H groups in total. The van der Waals surface area contributed by atoms with Crippen LogP contribution in [0.5, 0.6) is 0 Å². The molecule has 0 aliphatic rings. The molecule has 0 fully saturated rings. The quantitative estimate of drug-likeness (QED) is 0.541. The molecule has 1 heteroatoms. The highest BCUT2D eigenvalue weighted by molar-refractivity contribution is 4.54. The highest BCUT2D eigenvalue weighted by atomic mass is 16.2. The van der Waals surface area contributed by atoms with Crippen molar-refractivity contribution in [2.75, 3.05) is 6.61 Å². The predicted molar refractivity (Wildman–Crippen MR) is 35.5 cm³/mol. The van der Waals surface area contributed by atoms with Gasteiger partial charge < -0.3 is 5.11 Å². The van der Waals surface area contributed by atoms with Crippen molar-refractivity contribution in [2.45, 2.75) is 32.6 Å². The Balaban J connectivity index is 2.53. The summed E-state index contributed by atoms with van der Waals surface area (Å²) in [4.78, 5) is 0. The molecular formula is C7H15O. The Morgan fingerprint density at radius 1 is 1.25 bits per heavy atom. The highest BCUT2D eigenvalue weighted by Crippen LogP contribution is 1.99. The van der Waals surface area contributed by atoms with Gasteiger partial charge in [0.25, 0.3) is 0 Å². The van der Waals surface area contributed by atoms with Crippen LogP contribution in [0.2, 0.25) is 0 Å². The van der Waals surface area contributed by atoms with E-state index in [1.807, 2.05) is 0 Å². The summed E-state index contributed by atoms with van der Waals surface area (Å²) in [6.07, 6.45) is 6.73. The minimum Gasteiger partial charge on any atom is -0.396 e. The first-order chi connectivity index (χ1) is 3.91. The predicted octanol–water partition coefficient (Wildman–Crippen LogP) is 1.76. The summed E-state index contributed by atoms with van der Waals surface area (Å²) < 4.78 is 0. The van der Waals surface area contributed by atoms with Gasteiger partial charge in [-0.15, -0.1) is 0 Å².